The highest BCUT2D eigenvalue weighted by Crippen LogP contribution is 2.15. The minimum atomic E-state index is 0.727. The fourth-order valence-corrected chi connectivity index (χ4v) is 2.05. The Morgan fingerprint density at radius 1 is 1.35 bits per heavy atom. The van der Waals surface area contributed by atoms with Gasteiger partial charge in [0.2, 0.25) is 5.13 Å². The Morgan fingerprint density at radius 2 is 2.06 bits per heavy atom. The van der Waals surface area contributed by atoms with Crippen molar-refractivity contribution in [2.45, 2.75) is 13.8 Å². The predicted octanol–water partition coefficient (Wildman–Crippen LogP) is 3.94. The van der Waals surface area contributed by atoms with Crippen molar-refractivity contribution < 1.29 is 0 Å². The fraction of sp³-hybridized carbons (Fsp3) is 0.167. The summed E-state index contributed by atoms with van der Waals surface area (Å²) in [4.78, 5) is 4.27. The number of hydrazone groups is 1. The molecule has 0 unspecified atom stereocenters. The van der Waals surface area contributed by atoms with Crippen LogP contribution in [0.4, 0.5) is 5.13 Å². The van der Waals surface area contributed by atoms with Crippen molar-refractivity contribution >= 4 is 33.8 Å². The standard InChI is InChI=1S/C12H12ClN3S/c1-8-7-17-12(14-8)16-15-9(2)10-3-5-11(13)6-4-10/h3-7H,1-2H3,(H,14,16)/b15-9+. The fourth-order valence-electron chi connectivity index (χ4n) is 1.29. The van der Waals surface area contributed by atoms with Crippen molar-refractivity contribution in [3.63, 3.8) is 0 Å². The summed E-state index contributed by atoms with van der Waals surface area (Å²) < 4.78 is 0. The van der Waals surface area contributed by atoms with Gasteiger partial charge in [0.1, 0.15) is 0 Å². The third-order valence-electron chi connectivity index (χ3n) is 2.20. The van der Waals surface area contributed by atoms with E-state index in [2.05, 4.69) is 15.5 Å². The van der Waals surface area contributed by atoms with Gasteiger partial charge in [0.05, 0.1) is 11.4 Å². The number of aromatic nitrogens is 1. The Labute approximate surface area is 109 Å². The van der Waals surface area contributed by atoms with Crippen LogP contribution >= 0.6 is 22.9 Å². The highest BCUT2D eigenvalue weighted by Gasteiger charge is 1.99. The molecule has 0 bridgehead atoms. The van der Waals surface area contributed by atoms with Crippen molar-refractivity contribution in [1.82, 2.24) is 4.98 Å². The van der Waals surface area contributed by atoms with E-state index in [4.69, 9.17) is 11.6 Å². The number of nitrogens with one attached hydrogen (secondary N) is 1. The van der Waals surface area contributed by atoms with E-state index in [-0.39, 0.29) is 0 Å². The largest absolute Gasteiger partial charge is 0.252 e. The van der Waals surface area contributed by atoms with Crippen LogP contribution in [0.2, 0.25) is 5.02 Å². The smallest absolute Gasteiger partial charge is 0.203 e. The van der Waals surface area contributed by atoms with E-state index >= 15 is 0 Å². The Hall–Kier alpha value is -1.39. The molecule has 88 valence electrons. The minimum absolute atomic E-state index is 0.727. The molecule has 0 atom stereocenters. The summed E-state index contributed by atoms with van der Waals surface area (Å²) in [5, 5.41) is 7.79. The van der Waals surface area contributed by atoms with Gasteiger partial charge >= 0.3 is 0 Å². The molecule has 0 spiro atoms. The molecule has 0 aliphatic carbocycles. The number of nitrogens with zero attached hydrogens (tertiary/aromatic N) is 2. The number of hydrogen-bond donors (Lipinski definition) is 1. The normalized spacial score (nSPS) is 11.6. The molecule has 1 aromatic carbocycles. The molecule has 0 saturated carbocycles. The van der Waals surface area contributed by atoms with Crippen LogP contribution in [-0.2, 0) is 0 Å². The van der Waals surface area contributed by atoms with Crippen LogP contribution in [0.15, 0.2) is 34.7 Å². The van der Waals surface area contributed by atoms with Crippen molar-refractivity contribution in [2.75, 3.05) is 5.43 Å². The van der Waals surface area contributed by atoms with Crippen LogP contribution in [-0.4, -0.2) is 10.7 Å². The Kier molecular flexibility index (Phi) is 3.76. The third kappa shape index (κ3) is 3.28. The second-order valence-electron chi connectivity index (χ2n) is 3.61. The highest BCUT2D eigenvalue weighted by molar-refractivity contribution is 7.13. The maximum absolute atomic E-state index is 5.83. The summed E-state index contributed by atoms with van der Waals surface area (Å²) in [6.45, 7) is 3.90. The van der Waals surface area contributed by atoms with Crippen LogP contribution in [0.5, 0.6) is 0 Å². The molecule has 1 heterocycles. The Morgan fingerprint density at radius 3 is 2.65 bits per heavy atom. The molecule has 17 heavy (non-hydrogen) atoms. The van der Waals surface area contributed by atoms with Gasteiger partial charge < -0.3 is 0 Å². The molecule has 1 N–H and O–H groups in total. The van der Waals surface area contributed by atoms with Crippen LogP contribution in [0.1, 0.15) is 18.2 Å². The Bertz CT molecular complexity index is 531. The van der Waals surface area contributed by atoms with Gasteiger partial charge in [-0.25, -0.2) is 4.98 Å². The van der Waals surface area contributed by atoms with Gasteiger partial charge in [-0.3, -0.25) is 5.43 Å². The lowest BCUT2D eigenvalue weighted by Gasteiger charge is -2.01. The number of thiazole rings is 1. The number of anilines is 1. The van der Waals surface area contributed by atoms with Gasteiger partial charge in [0.25, 0.3) is 0 Å². The van der Waals surface area contributed by atoms with Crippen molar-refractivity contribution in [3.05, 3.63) is 45.9 Å². The lowest BCUT2D eigenvalue weighted by molar-refractivity contribution is 1.21. The van der Waals surface area contributed by atoms with E-state index in [1.54, 1.807) is 0 Å². The molecule has 0 aliphatic rings. The summed E-state index contributed by atoms with van der Waals surface area (Å²) in [6.07, 6.45) is 0. The lowest BCUT2D eigenvalue weighted by Crippen LogP contribution is -1.99. The molecule has 5 heteroatoms. The number of halogens is 1. The Balaban J connectivity index is 2.09. The second kappa shape index (κ2) is 5.29. The zero-order valence-corrected chi connectivity index (χ0v) is 11.1. The monoisotopic (exact) mass is 265 g/mol. The molecule has 2 aromatic rings. The van der Waals surface area contributed by atoms with Crippen LogP contribution in [0.3, 0.4) is 0 Å². The minimum Gasteiger partial charge on any atom is -0.252 e. The molecule has 0 amide bonds. The van der Waals surface area contributed by atoms with Gasteiger partial charge in [0, 0.05) is 10.4 Å². The topological polar surface area (TPSA) is 37.3 Å². The number of aryl methyl sites for hydroxylation is 1. The van der Waals surface area contributed by atoms with Crippen molar-refractivity contribution in [1.29, 1.82) is 0 Å². The number of benzene rings is 1. The second-order valence-corrected chi connectivity index (χ2v) is 4.90. The van der Waals surface area contributed by atoms with Crippen LogP contribution < -0.4 is 5.43 Å². The quantitative estimate of drug-likeness (QED) is 0.674. The lowest BCUT2D eigenvalue weighted by atomic mass is 10.1. The van der Waals surface area contributed by atoms with Gasteiger partial charge in [0.15, 0.2) is 0 Å². The number of hydrogen-bond acceptors (Lipinski definition) is 4. The molecule has 0 aliphatic heterocycles. The van der Waals surface area contributed by atoms with E-state index in [1.807, 2.05) is 43.5 Å². The summed E-state index contributed by atoms with van der Waals surface area (Å²) >= 11 is 7.37. The molecule has 1 aromatic heterocycles. The van der Waals surface area contributed by atoms with Crippen molar-refractivity contribution in [3.8, 4) is 0 Å². The summed E-state index contributed by atoms with van der Waals surface area (Å²) in [5.41, 5.74) is 5.87. The van der Waals surface area contributed by atoms with E-state index in [1.165, 1.54) is 11.3 Å². The zero-order chi connectivity index (χ0) is 12.3. The predicted molar refractivity (Wildman–Crippen MR) is 74.1 cm³/mol. The third-order valence-corrected chi connectivity index (χ3v) is 3.32. The van der Waals surface area contributed by atoms with E-state index < -0.39 is 0 Å². The maximum atomic E-state index is 5.83. The first-order valence-electron chi connectivity index (χ1n) is 5.13. The van der Waals surface area contributed by atoms with E-state index in [9.17, 15) is 0 Å². The average Bonchev–Trinajstić information content (AvgIpc) is 2.73. The summed E-state index contributed by atoms with van der Waals surface area (Å²) in [6, 6.07) is 7.58. The molecule has 0 fully saturated rings. The first kappa shape index (κ1) is 12.1. The summed E-state index contributed by atoms with van der Waals surface area (Å²) in [7, 11) is 0. The van der Waals surface area contributed by atoms with Crippen LogP contribution in [0.25, 0.3) is 0 Å². The molecule has 3 nitrogen and oxygen atoms in total. The molecule has 0 radical (unpaired) electrons. The molecular formula is C12H12ClN3S. The van der Waals surface area contributed by atoms with Crippen LogP contribution in [0, 0.1) is 6.92 Å². The number of rotatable bonds is 3. The summed E-state index contributed by atoms with van der Waals surface area (Å²) in [5.74, 6) is 0. The molecule has 0 saturated heterocycles. The van der Waals surface area contributed by atoms with E-state index in [0.717, 1.165) is 27.1 Å². The average molecular weight is 266 g/mol. The highest BCUT2D eigenvalue weighted by atomic mass is 35.5. The first-order chi connectivity index (χ1) is 8.15. The first-order valence-corrected chi connectivity index (χ1v) is 6.39. The SMILES string of the molecule is C/C(=N\Nc1nc(C)cs1)c1ccc(Cl)cc1. The van der Waals surface area contributed by atoms with Gasteiger partial charge in [-0.15, -0.1) is 11.3 Å². The maximum Gasteiger partial charge on any atom is 0.203 e. The van der Waals surface area contributed by atoms with E-state index in [0.29, 0.717) is 0 Å². The van der Waals surface area contributed by atoms with Gasteiger partial charge in [-0.2, -0.15) is 5.10 Å². The zero-order valence-electron chi connectivity index (χ0n) is 9.57. The van der Waals surface area contributed by atoms with Gasteiger partial charge in [-0.05, 0) is 31.5 Å². The molecule has 2 rings (SSSR count). The molecular weight excluding hydrogens is 254 g/mol. The van der Waals surface area contributed by atoms with Crippen molar-refractivity contribution in [2.24, 2.45) is 5.10 Å². The van der Waals surface area contributed by atoms with Gasteiger partial charge in [-0.1, -0.05) is 23.7 Å².